The summed E-state index contributed by atoms with van der Waals surface area (Å²) < 4.78 is 26.4. The molecule has 0 spiro atoms. The Balaban J connectivity index is 2.18. The lowest BCUT2D eigenvalue weighted by atomic mass is 9.94. The molecule has 9 heteroatoms. The zero-order valence-corrected chi connectivity index (χ0v) is 11.6. The molecule has 19 heavy (non-hydrogen) atoms. The van der Waals surface area contributed by atoms with Gasteiger partial charge in [-0.15, -0.1) is 11.3 Å². The quantitative estimate of drug-likeness (QED) is 0.742. The van der Waals surface area contributed by atoms with Gasteiger partial charge in [0.15, 0.2) is 9.90 Å². The number of rotatable bonds is 4. The number of hydrogen-bond donors (Lipinski definition) is 3. The fourth-order valence-electron chi connectivity index (χ4n) is 2.11. The highest BCUT2D eigenvalue weighted by atomic mass is 32.2. The second-order valence-electron chi connectivity index (χ2n) is 4.43. The molecule has 106 valence electrons. The van der Waals surface area contributed by atoms with Gasteiger partial charge in [-0.1, -0.05) is 0 Å². The number of aromatic carboxylic acids is 1. The number of hydrogen-bond acceptors (Lipinski definition) is 6. The molecule has 1 aromatic rings. The normalized spacial score (nSPS) is 24.3. The third-order valence-corrected chi connectivity index (χ3v) is 5.84. The zero-order valence-electron chi connectivity index (χ0n) is 9.94. The molecule has 2 unspecified atom stereocenters. The summed E-state index contributed by atoms with van der Waals surface area (Å²) in [5, 5.41) is 18.4. The van der Waals surface area contributed by atoms with Crippen molar-refractivity contribution in [1.29, 1.82) is 0 Å². The van der Waals surface area contributed by atoms with Crippen LogP contribution >= 0.6 is 11.3 Å². The van der Waals surface area contributed by atoms with Crippen molar-refractivity contribution >= 4 is 27.3 Å². The number of thiazole rings is 1. The van der Waals surface area contributed by atoms with Crippen molar-refractivity contribution < 1.29 is 23.4 Å². The molecule has 1 aliphatic rings. The highest BCUT2D eigenvalue weighted by molar-refractivity contribution is 7.91. The maximum absolute atomic E-state index is 12.1. The third-order valence-electron chi connectivity index (χ3n) is 2.95. The Hall–Kier alpha value is -1.03. The molecule has 0 radical (unpaired) electrons. The number of nitrogens with one attached hydrogen (secondary N) is 1. The smallest absolute Gasteiger partial charge is 0.356 e. The number of aromatic nitrogens is 1. The summed E-state index contributed by atoms with van der Waals surface area (Å²) in [6.07, 6.45) is 1.88. The molecular formula is C10H14N2O5S2. The summed E-state index contributed by atoms with van der Waals surface area (Å²) in [5.41, 5.74) is 0.724. The molecule has 1 heterocycles. The van der Waals surface area contributed by atoms with Gasteiger partial charge in [-0.05, 0) is 25.7 Å². The second kappa shape index (κ2) is 5.53. The Labute approximate surface area is 114 Å². The Morgan fingerprint density at radius 1 is 1.47 bits per heavy atom. The maximum atomic E-state index is 12.1. The largest absolute Gasteiger partial charge is 0.476 e. The molecule has 1 saturated carbocycles. The average Bonchev–Trinajstić information content (AvgIpc) is 2.77. The molecule has 1 fully saturated rings. The summed E-state index contributed by atoms with van der Waals surface area (Å²) in [4.78, 5) is 14.4. The number of carboxylic acid groups (broad SMARTS) is 1. The third kappa shape index (κ3) is 3.30. The van der Waals surface area contributed by atoms with Gasteiger partial charge in [0.25, 0.3) is 10.0 Å². The summed E-state index contributed by atoms with van der Waals surface area (Å²) in [6, 6.07) is -0.363. The predicted molar refractivity (Wildman–Crippen MR) is 67.7 cm³/mol. The summed E-state index contributed by atoms with van der Waals surface area (Å²) in [5.74, 6) is -1.37. The van der Waals surface area contributed by atoms with Crippen molar-refractivity contribution in [2.45, 2.75) is 42.0 Å². The molecule has 1 aromatic heterocycles. The van der Waals surface area contributed by atoms with Crippen LogP contribution in [0.3, 0.4) is 0 Å². The standard InChI is InChI=1S/C10H14N2O5S2/c13-7-3-1-2-6(4-7)12-19(16,17)10-8(9(14)15)11-5-18-10/h5-7,12-13H,1-4H2,(H,14,15). The van der Waals surface area contributed by atoms with E-state index in [1.165, 1.54) is 5.51 Å². The minimum atomic E-state index is -3.90. The lowest BCUT2D eigenvalue weighted by Crippen LogP contribution is -2.39. The van der Waals surface area contributed by atoms with Crippen molar-refractivity contribution in [3.8, 4) is 0 Å². The van der Waals surface area contributed by atoms with E-state index in [2.05, 4.69) is 9.71 Å². The van der Waals surface area contributed by atoms with E-state index in [9.17, 15) is 18.3 Å². The number of aliphatic hydroxyl groups is 1. The van der Waals surface area contributed by atoms with Crippen LogP contribution in [-0.2, 0) is 10.0 Å². The molecule has 2 rings (SSSR count). The molecule has 2 atom stereocenters. The molecule has 0 bridgehead atoms. The Morgan fingerprint density at radius 2 is 2.21 bits per heavy atom. The van der Waals surface area contributed by atoms with Gasteiger partial charge >= 0.3 is 5.97 Å². The number of nitrogens with zero attached hydrogens (tertiary/aromatic N) is 1. The van der Waals surface area contributed by atoms with Gasteiger partial charge in [-0.3, -0.25) is 0 Å². The van der Waals surface area contributed by atoms with Gasteiger partial charge in [0.2, 0.25) is 0 Å². The molecule has 0 aliphatic heterocycles. The highest BCUT2D eigenvalue weighted by Gasteiger charge is 2.30. The van der Waals surface area contributed by atoms with E-state index >= 15 is 0 Å². The molecule has 0 aromatic carbocycles. The van der Waals surface area contributed by atoms with E-state index in [-0.39, 0.29) is 10.3 Å². The van der Waals surface area contributed by atoms with Gasteiger partial charge in [0.1, 0.15) is 0 Å². The Bertz CT molecular complexity index is 568. The van der Waals surface area contributed by atoms with Crippen molar-refractivity contribution in [2.75, 3.05) is 0 Å². The minimum Gasteiger partial charge on any atom is -0.476 e. The first-order valence-electron chi connectivity index (χ1n) is 5.77. The maximum Gasteiger partial charge on any atom is 0.356 e. The van der Waals surface area contributed by atoms with Crippen LogP contribution < -0.4 is 4.72 Å². The summed E-state index contributed by atoms with van der Waals surface area (Å²) in [7, 11) is -3.90. The fourth-order valence-corrected chi connectivity index (χ4v) is 4.55. The van der Waals surface area contributed by atoms with E-state index in [1.54, 1.807) is 0 Å². The van der Waals surface area contributed by atoms with Crippen molar-refractivity contribution in [3.63, 3.8) is 0 Å². The van der Waals surface area contributed by atoms with E-state index in [1.807, 2.05) is 0 Å². The highest BCUT2D eigenvalue weighted by Crippen LogP contribution is 2.24. The van der Waals surface area contributed by atoms with Crippen LogP contribution in [0.25, 0.3) is 0 Å². The monoisotopic (exact) mass is 306 g/mol. The number of carboxylic acids is 1. The predicted octanol–water partition coefficient (Wildman–Crippen LogP) is 0.423. The first kappa shape index (κ1) is 14.4. The van der Waals surface area contributed by atoms with E-state index in [0.717, 1.165) is 17.8 Å². The number of aliphatic hydroxyl groups excluding tert-OH is 1. The molecule has 0 amide bonds. The molecule has 0 saturated heterocycles. The molecule has 1 aliphatic carbocycles. The Kier molecular flexibility index (Phi) is 4.19. The first-order chi connectivity index (χ1) is 8.90. The van der Waals surface area contributed by atoms with Gasteiger partial charge < -0.3 is 10.2 Å². The van der Waals surface area contributed by atoms with E-state index < -0.39 is 27.8 Å². The molecule has 7 nitrogen and oxygen atoms in total. The zero-order chi connectivity index (χ0) is 14.0. The average molecular weight is 306 g/mol. The topological polar surface area (TPSA) is 117 Å². The first-order valence-corrected chi connectivity index (χ1v) is 8.13. The number of carbonyl (C=O) groups is 1. The van der Waals surface area contributed by atoms with Crippen molar-refractivity contribution in [1.82, 2.24) is 9.71 Å². The van der Waals surface area contributed by atoms with Gasteiger partial charge in [-0.25, -0.2) is 22.9 Å². The number of sulfonamides is 1. The lowest BCUT2D eigenvalue weighted by molar-refractivity contribution is 0.0687. The van der Waals surface area contributed by atoms with Gasteiger partial charge in [-0.2, -0.15) is 0 Å². The van der Waals surface area contributed by atoms with Gasteiger partial charge in [0, 0.05) is 6.04 Å². The van der Waals surface area contributed by atoms with Crippen LogP contribution in [0.2, 0.25) is 0 Å². The summed E-state index contributed by atoms with van der Waals surface area (Å²) >= 11 is 0.769. The SMILES string of the molecule is O=C(O)c1ncsc1S(=O)(=O)NC1CCCC(O)C1. The Morgan fingerprint density at radius 3 is 2.84 bits per heavy atom. The molecular weight excluding hydrogens is 292 g/mol. The molecule has 3 N–H and O–H groups in total. The minimum absolute atomic E-state index is 0.292. The lowest BCUT2D eigenvalue weighted by Gasteiger charge is -2.26. The fraction of sp³-hybridized carbons (Fsp3) is 0.600. The van der Waals surface area contributed by atoms with E-state index in [0.29, 0.717) is 19.3 Å². The van der Waals surface area contributed by atoms with Crippen molar-refractivity contribution in [2.24, 2.45) is 0 Å². The van der Waals surface area contributed by atoms with Crippen LogP contribution in [0.15, 0.2) is 9.72 Å². The van der Waals surface area contributed by atoms with Crippen LogP contribution in [0, 0.1) is 0 Å². The van der Waals surface area contributed by atoms with E-state index in [4.69, 9.17) is 5.11 Å². The van der Waals surface area contributed by atoms with Crippen LogP contribution in [-0.4, -0.2) is 41.7 Å². The van der Waals surface area contributed by atoms with Gasteiger partial charge in [0.05, 0.1) is 11.6 Å². The second-order valence-corrected chi connectivity index (χ2v) is 7.20. The van der Waals surface area contributed by atoms with Crippen molar-refractivity contribution in [3.05, 3.63) is 11.2 Å². The van der Waals surface area contributed by atoms with Crippen LogP contribution in [0.1, 0.15) is 36.2 Å². The van der Waals surface area contributed by atoms with Crippen LogP contribution in [0.5, 0.6) is 0 Å². The van der Waals surface area contributed by atoms with Crippen LogP contribution in [0.4, 0.5) is 0 Å². The summed E-state index contributed by atoms with van der Waals surface area (Å²) in [6.45, 7) is 0.